The Morgan fingerprint density at radius 2 is 2.32 bits per heavy atom. The lowest BCUT2D eigenvalue weighted by Crippen LogP contribution is -2.44. The van der Waals surface area contributed by atoms with Crippen molar-refractivity contribution < 1.29 is 9.18 Å². The molecule has 0 radical (unpaired) electrons. The maximum Gasteiger partial charge on any atom is 0.253 e. The maximum absolute atomic E-state index is 12.9. The first-order valence-corrected chi connectivity index (χ1v) is 6.61. The fourth-order valence-corrected chi connectivity index (χ4v) is 2.45. The molecule has 0 saturated carbocycles. The molecule has 1 amide bonds. The average Bonchev–Trinajstić information content (AvgIpc) is 2.37. The number of likely N-dealkylation sites (tertiary alicyclic amines) is 1. The van der Waals surface area contributed by atoms with Gasteiger partial charge in [0.15, 0.2) is 0 Å². The van der Waals surface area contributed by atoms with E-state index in [1.54, 1.807) is 0 Å². The summed E-state index contributed by atoms with van der Waals surface area (Å²) in [6.45, 7) is 1.67. The molecule has 0 aromatic heterocycles. The first-order chi connectivity index (χ1) is 9.08. The number of likely N-dealkylation sites (N-methyl/N-ethyl adjacent to an activating group) is 1. The van der Waals surface area contributed by atoms with Gasteiger partial charge in [-0.1, -0.05) is 6.42 Å². The van der Waals surface area contributed by atoms with E-state index in [1.165, 1.54) is 31.0 Å². The number of nitrogens with two attached hydrogens (primary N) is 1. The Morgan fingerprint density at radius 3 is 3.00 bits per heavy atom. The van der Waals surface area contributed by atoms with Crippen LogP contribution >= 0.6 is 0 Å². The van der Waals surface area contributed by atoms with Gasteiger partial charge in [0.25, 0.3) is 5.91 Å². The quantitative estimate of drug-likeness (QED) is 0.817. The summed E-state index contributed by atoms with van der Waals surface area (Å²) in [6.07, 6.45) is 3.51. The van der Waals surface area contributed by atoms with Crippen LogP contribution in [0.1, 0.15) is 29.6 Å². The standard InChI is InChI=1S/C14H20FN3O/c1-18-7-3-2-4-11(18)9-17-14(19)12-6-5-10(15)8-13(12)16/h5-6,8,11H,2-4,7,9,16H2,1H3,(H,17,19). The fourth-order valence-electron chi connectivity index (χ4n) is 2.45. The lowest BCUT2D eigenvalue weighted by Gasteiger charge is -2.32. The fraction of sp³-hybridized carbons (Fsp3) is 0.500. The molecule has 1 atom stereocenters. The first-order valence-electron chi connectivity index (χ1n) is 6.61. The number of nitrogens with zero attached hydrogens (tertiary/aromatic N) is 1. The predicted octanol–water partition coefficient (Wildman–Crippen LogP) is 1.62. The summed E-state index contributed by atoms with van der Waals surface area (Å²) in [7, 11) is 2.07. The van der Waals surface area contributed by atoms with Crippen molar-refractivity contribution in [1.29, 1.82) is 0 Å². The normalized spacial score (nSPS) is 20.2. The molecule has 3 N–H and O–H groups in total. The molecular formula is C14H20FN3O. The third-order valence-electron chi connectivity index (χ3n) is 3.68. The minimum Gasteiger partial charge on any atom is -0.398 e. The van der Waals surface area contributed by atoms with Crippen molar-refractivity contribution >= 4 is 11.6 Å². The zero-order valence-corrected chi connectivity index (χ0v) is 11.2. The SMILES string of the molecule is CN1CCCCC1CNC(=O)c1ccc(F)cc1N. The van der Waals surface area contributed by atoms with Gasteiger partial charge in [-0.25, -0.2) is 4.39 Å². The highest BCUT2D eigenvalue weighted by Gasteiger charge is 2.20. The average molecular weight is 265 g/mol. The third-order valence-corrected chi connectivity index (χ3v) is 3.68. The van der Waals surface area contributed by atoms with Gasteiger partial charge in [-0.05, 0) is 44.6 Å². The van der Waals surface area contributed by atoms with Crippen LogP contribution in [0.2, 0.25) is 0 Å². The molecular weight excluding hydrogens is 245 g/mol. The number of hydrogen-bond donors (Lipinski definition) is 2. The number of hydrogen-bond acceptors (Lipinski definition) is 3. The van der Waals surface area contributed by atoms with Crippen LogP contribution < -0.4 is 11.1 Å². The Kier molecular flexibility index (Phi) is 4.37. The second-order valence-electron chi connectivity index (χ2n) is 5.07. The zero-order valence-electron chi connectivity index (χ0n) is 11.2. The van der Waals surface area contributed by atoms with Gasteiger partial charge in [-0.15, -0.1) is 0 Å². The van der Waals surface area contributed by atoms with E-state index in [0.29, 0.717) is 18.2 Å². The lowest BCUT2D eigenvalue weighted by atomic mass is 10.0. The van der Waals surface area contributed by atoms with Crippen LogP contribution in [0, 0.1) is 5.82 Å². The molecule has 0 aliphatic carbocycles. The molecule has 4 nitrogen and oxygen atoms in total. The van der Waals surface area contributed by atoms with Gasteiger partial charge in [0.05, 0.1) is 5.56 Å². The van der Waals surface area contributed by atoms with E-state index in [9.17, 15) is 9.18 Å². The Labute approximate surface area is 112 Å². The molecule has 1 aliphatic heterocycles. The smallest absolute Gasteiger partial charge is 0.253 e. The predicted molar refractivity (Wildman–Crippen MR) is 73.4 cm³/mol. The van der Waals surface area contributed by atoms with Crippen molar-refractivity contribution in [3.8, 4) is 0 Å². The minimum atomic E-state index is -0.430. The molecule has 0 spiro atoms. The number of amides is 1. The summed E-state index contributed by atoms with van der Waals surface area (Å²) in [6, 6.07) is 4.21. The number of halogens is 1. The molecule has 104 valence electrons. The van der Waals surface area contributed by atoms with Gasteiger partial charge in [0.2, 0.25) is 0 Å². The highest BCUT2D eigenvalue weighted by Crippen LogP contribution is 2.16. The third kappa shape index (κ3) is 3.44. The molecule has 19 heavy (non-hydrogen) atoms. The number of carbonyl (C=O) groups excluding carboxylic acids is 1. The number of piperidine rings is 1. The van der Waals surface area contributed by atoms with E-state index in [-0.39, 0.29) is 11.6 Å². The summed E-state index contributed by atoms with van der Waals surface area (Å²) < 4.78 is 12.9. The summed E-state index contributed by atoms with van der Waals surface area (Å²) in [5.74, 6) is -0.669. The van der Waals surface area contributed by atoms with Crippen molar-refractivity contribution in [2.45, 2.75) is 25.3 Å². The number of anilines is 1. The van der Waals surface area contributed by atoms with Crippen LogP contribution in [0.5, 0.6) is 0 Å². The van der Waals surface area contributed by atoms with Crippen molar-refractivity contribution in [2.75, 3.05) is 25.9 Å². The Bertz CT molecular complexity index is 464. The van der Waals surface area contributed by atoms with E-state index >= 15 is 0 Å². The second-order valence-corrected chi connectivity index (χ2v) is 5.07. The van der Waals surface area contributed by atoms with Crippen molar-refractivity contribution in [3.05, 3.63) is 29.6 Å². The molecule has 1 heterocycles. The number of nitrogens with one attached hydrogen (secondary N) is 1. The Balaban J connectivity index is 1.93. The number of carbonyl (C=O) groups is 1. The van der Waals surface area contributed by atoms with E-state index in [1.807, 2.05) is 0 Å². The number of benzene rings is 1. The van der Waals surface area contributed by atoms with Gasteiger partial charge in [-0.3, -0.25) is 4.79 Å². The summed E-state index contributed by atoms with van der Waals surface area (Å²) in [5, 5.41) is 2.88. The van der Waals surface area contributed by atoms with Crippen LogP contribution in [0.25, 0.3) is 0 Å². The second kappa shape index (κ2) is 6.02. The molecule has 0 bridgehead atoms. The summed E-state index contributed by atoms with van der Waals surface area (Å²) >= 11 is 0. The van der Waals surface area contributed by atoms with Crippen molar-refractivity contribution in [2.24, 2.45) is 0 Å². The van der Waals surface area contributed by atoms with Crippen LogP contribution in [-0.2, 0) is 0 Å². The molecule has 1 aliphatic rings. The van der Waals surface area contributed by atoms with E-state index in [2.05, 4.69) is 17.3 Å². The molecule has 1 aromatic carbocycles. The summed E-state index contributed by atoms with van der Waals surface area (Å²) in [5.41, 5.74) is 6.16. The molecule has 1 fully saturated rings. The largest absolute Gasteiger partial charge is 0.398 e. The topological polar surface area (TPSA) is 58.4 Å². The summed E-state index contributed by atoms with van der Waals surface area (Å²) in [4.78, 5) is 14.3. The number of nitrogen functional groups attached to an aromatic ring is 1. The monoisotopic (exact) mass is 265 g/mol. The highest BCUT2D eigenvalue weighted by atomic mass is 19.1. The van der Waals surface area contributed by atoms with Crippen LogP contribution in [0.4, 0.5) is 10.1 Å². The number of rotatable bonds is 3. The highest BCUT2D eigenvalue weighted by molar-refractivity contribution is 5.99. The lowest BCUT2D eigenvalue weighted by molar-refractivity contribution is 0.0929. The van der Waals surface area contributed by atoms with Crippen molar-refractivity contribution in [3.63, 3.8) is 0 Å². The van der Waals surface area contributed by atoms with Crippen LogP contribution in [-0.4, -0.2) is 37.0 Å². The van der Waals surface area contributed by atoms with Gasteiger partial charge < -0.3 is 16.0 Å². The Morgan fingerprint density at radius 1 is 1.53 bits per heavy atom. The van der Waals surface area contributed by atoms with Crippen molar-refractivity contribution in [1.82, 2.24) is 10.2 Å². The van der Waals surface area contributed by atoms with Gasteiger partial charge in [0.1, 0.15) is 5.82 Å². The van der Waals surface area contributed by atoms with E-state index in [4.69, 9.17) is 5.73 Å². The van der Waals surface area contributed by atoms with E-state index < -0.39 is 5.82 Å². The molecule has 1 aromatic rings. The molecule has 5 heteroatoms. The van der Waals surface area contributed by atoms with Crippen LogP contribution in [0.3, 0.4) is 0 Å². The van der Waals surface area contributed by atoms with Gasteiger partial charge in [0, 0.05) is 18.3 Å². The zero-order chi connectivity index (χ0) is 13.8. The van der Waals surface area contributed by atoms with Gasteiger partial charge >= 0.3 is 0 Å². The first kappa shape index (κ1) is 13.8. The van der Waals surface area contributed by atoms with Gasteiger partial charge in [-0.2, -0.15) is 0 Å². The Hall–Kier alpha value is -1.62. The molecule has 2 rings (SSSR count). The molecule has 1 unspecified atom stereocenters. The van der Waals surface area contributed by atoms with E-state index in [0.717, 1.165) is 13.0 Å². The maximum atomic E-state index is 12.9. The minimum absolute atomic E-state index is 0.175. The van der Waals surface area contributed by atoms with Crippen LogP contribution in [0.15, 0.2) is 18.2 Å². The molecule has 1 saturated heterocycles.